The molecular weight excluding hydrogens is 480 g/mol. The molecule has 0 aromatic heterocycles. The summed E-state index contributed by atoms with van der Waals surface area (Å²) in [4.78, 5) is 40.6. The quantitative estimate of drug-likeness (QED) is 0.298. The number of benzene rings is 1. The summed E-state index contributed by atoms with van der Waals surface area (Å²) >= 11 is 0. The second-order valence-electron chi connectivity index (χ2n) is 12.5. The van der Waals surface area contributed by atoms with Gasteiger partial charge in [0.1, 0.15) is 6.04 Å². The third kappa shape index (κ3) is 8.58. The van der Waals surface area contributed by atoms with Gasteiger partial charge in [0, 0.05) is 29.8 Å². The molecule has 0 unspecified atom stereocenters. The molecule has 2 amide bonds. The summed E-state index contributed by atoms with van der Waals surface area (Å²) in [5.74, 6) is -1.59. The highest BCUT2D eigenvalue weighted by Crippen LogP contribution is 2.31. The minimum Gasteiger partial charge on any atom is -0.478 e. The minimum atomic E-state index is -1.02. The van der Waals surface area contributed by atoms with Gasteiger partial charge in [-0.3, -0.25) is 9.59 Å². The Morgan fingerprint density at radius 3 is 2.03 bits per heavy atom. The first-order valence-electron chi connectivity index (χ1n) is 13.4. The molecule has 0 saturated carbocycles. The fraction of sp³-hybridized carbons (Fsp3) is 0.633. The number of anilines is 1. The molecule has 0 fully saturated rings. The van der Waals surface area contributed by atoms with Crippen LogP contribution in [-0.2, 0) is 19.8 Å². The van der Waals surface area contributed by atoms with Crippen molar-refractivity contribution in [1.82, 2.24) is 15.5 Å². The van der Waals surface area contributed by atoms with Crippen LogP contribution >= 0.6 is 0 Å². The molecule has 38 heavy (non-hydrogen) atoms. The van der Waals surface area contributed by atoms with Crippen molar-refractivity contribution < 1.29 is 19.5 Å². The standard InChI is InChI=1S/C30H50N4O4/c1-18(2)23(16-20(5)28(37)38)34(12)27(36)25(29(6,7)8)33-26(35)24(31-11)30(9,10)21-14-13-15-22(17-21)32-19(3)4/h13-19,23-25,31-32H,1-12H3,(H,33,35)(H,37,38)/b20-16+/t23-,24-,25-/m1/s1. The summed E-state index contributed by atoms with van der Waals surface area (Å²) < 4.78 is 0. The number of carboxylic acids is 1. The van der Waals surface area contributed by atoms with E-state index in [-0.39, 0.29) is 29.3 Å². The lowest BCUT2D eigenvalue weighted by molar-refractivity contribution is -0.141. The zero-order valence-corrected chi connectivity index (χ0v) is 25.4. The van der Waals surface area contributed by atoms with Crippen molar-refractivity contribution in [3.05, 3.63) is 41.5 Å². The van der Waals surface area contributed by atoms with Gasteiger partial charge < -0.3 is 26.0 Å². The summed E-state index contributed by atoms with van der Waals surface area (Å²) in [6, 6.07) is 6.45. The fourth-order valence-corrected chi connectivity index (χ4v) is 4.63. The van der Waals surface area contributed by atoms with Gasteiger partial charge in [-0.1, -0.05) is 66.7 Å². The smallest absolute Gasteiger partial charge is 0.331 e. The molecule has 0 bridgehead atoms. The van der Waals surface area contributed by atoms with Gasteiger partial charge in [0.15, 0.2) is 0 Å². The van der Waals surface area contributed by atoms with Crippen LogP contribution in [0.15, 0.2) is 35.9 Å². The number of nitrogens with zero attached hydrogens (tertiary/aromatic N) is 1. The minimum absolute atomic E-state index is 0.0229. The molecule has 3 atom stereocenters. The predicted octanol–water partition coefficient (Wildman–Crippen LogP) is 4.42. The molecular formula is C30H50N4O4. The first kappa shape index (κ1) is 33.2. The molecule has 0 aliphatic rings. The Morgan fingerprint density at radius 2 is 1.58 bits per heavy atom. The van der Waals surface area contributed by atoms with Gasteiger partial charge in [-0.2, -0.15) is 0 Å². The Hall–Kier alpha value is -2.87. The van der Waals surface area contributed by atoms with E-state index >= 15 is 0 Å². The lowest BCUT2D eigenvalue weighted by atomic mass is 9.76. The molecule has 0 radical (unpaired) electrons. The lowest BCUT2D eigenvalue weighted by Crippen LogP contribution is -2.61. The van der Waals surface area contributed by atoms with Gasteiger partial charge in [-0.25, -0.2) is 4.79 Å². The topological polar surface area (TPSA) is 111 Å². The number of hydrogen-bond donors (Lipinski definition) is 4. The van der Waals surface area contributed by atoms with Crippen molar-refractivity contribution in [2.45, 2.75) is 98.8 Å². The Labute approximate surface area is 229 Å². The summed E-state index contributed by atoms with van der Waals surface area (Å²) in [7, 11) is 3.41. The van der Waals surface area contributed by atoms with Gasteiger partial charge in [0.2, 0.25) is 11.8 Å². The number of aliphatic carboxylic acids is 1. The van der Waals surface area contributed by atoms with Crippen molar-refractivity contribution in [1.29, 1.82) is 0 Å². The highest BCUT2D eigenvalue weighted by Gasteiger charge is 2.41. The van der Waals surface area contributed by atoms with Crippen molar-refractivity contribution >= 4 is 23.5 Å². The van der Waals surface area contributed by atoms with Crippen LogP contribution < -0.4 is 16.0 Å². The van der Waals surface area contributed by atoms with Crippen LogP contribution in [0.1, 0.15) is 74.8 Å². The van der Waals surface area contributed by atoms with E-state index in [2.05, 4.69) is 35.9 Å². The largest absolute Gasteiger partial charge is 0.478 e. The van der Waals surface area contributed by atoms with E-state index < -0.39 is 34.9 Å². The second kappa shape index (κ2) is 13.3. The van der Waals surface area contributed by atoms with Crippen molar-refractivity contribution in [3.63, 3.8) is 0 Å². The molecule has 214 valence electrons. The second-order valence-corrected chi connectivity index (χ2v) is 12.5. The van der Waals surface area contributed by atoms with Crippen LogP contribution in [0.5, 0.6) is 0 Å². The van der Waals surface area contributed by atoms with Crippen LogP contribution in [0.25, 0.3) is 0 Å². The van der Waals surface area contributed by atoms with Crippen LogP contribution in [0, 0.1) is 11.3 Å². The average molecular weight is 531 g/mol. The van der Waals surface area contributed by atoms with E-state index in [1.54, 1.807) is 25.1 Å². The molecule has 0 aliphatic carbocycles. The van der Waals surface area contributed by atoms with Crippen LogP contribution in [0.3, 0.4) is 0 Å². The monoisotopic (exact) mass is 530 g/mol. The molecule has 1 aromatic rings. The molecule has 0 heterocycles. The van der Waals surface area contributed by atoms with Gasteiger partial charge in [0.25, 0.3) is 0 Å². The molecule has 0 saturated heterocycles. The molecule has 0 spiro atoms. The zero-order chi connectivity index (χ0) is 29.6. The summed E-state index contributed by atoms with van der Waals surface area (Å²) in [6.45, 7) is 19.3. The van der Waals surface area contributed by atoms with E-state index in [9.17, 15) is 19.5 Å². The Morgan fingerprint density at radius 1 is 1.00 bits per heavy atom. The summed E-state index contributed by atoms with van der Waals surface area (Å²) in [5.41, 5.74) is 0.965. The lowest BCUT2D eigenvalue weighted by Gasteiger charge is -2.40. The average Bonchev–Trinajstić information content (AvgIpc) is 2.78. The van der Waals surface area contributed by atoms with Crippen LogP contribution in [0.4, 0.5) is 5.69 Å². The SMILES string of the molecule is CN[C@H](C(=O)N[C@H](C(=O)N(C)[C@H](/C=C(\C)C(=O)O)C(C)C)C(C)(C)C)C(C)(C)c1cccc(NC(C)C)c1. The van der Waals surface area contributed by atoms with E-state index in [1.807, 2.05) is 66.7 Å². The zero-order valence-electron chi connectivity index (χ0n) is 25.4. The number of likely N-dealkylation sites (N-methyl/N-ethyl adjacent to an activating group) is 2. The Bertz CT molecular complexity index is 1010. The Balaban J connectivity index is 3.34. The van der Waals surface area contributed by atoms with Gasteiger partial charge in [-0.15, -0.1) is 0 Å². The van der Waals surface area contributed by atoms with Crippen molar-refractivity contribution in [2.24, 2.45) is 11.3 Å². The number of carbonyl (C=O) groups excluding carboxylic acids is 2. The predicted molar refractivity (Wildman–Crippen MR) is 155 cm³/mol. The first-order chi connectivity index (χ1) is 17.3. The maximum absolute atomic E-state index is 13.8. The van der Waals surface area contributed by atoms with Crippen molar-refractivity contribution in [2.75, 3.05) is 19.4 Å². The van der Waals surface area contributed by atoms with Crippen LogP contribution in [-0.4, -0.2) is 66.1 Å². The van der Waals surface area contributed by atoms with Gasteiger partial charge in [-0.05, 0) is 56.8 Å². The van der Waals surface area contributed by atoms with Gasteiger partial charge in [0.05, 0.1) is 12.1 Å². The maximum atomic E-state index is 13.8. The highest BCUT2D eigenvalue weighted by atomic mass is 16.4. The number of nitrogens with one attached hydrogen (secondary N) is 3. The highest BCUT2D eigenvalue weighted by molar-refractivity contribution is 5.91. The number of carbonyl (C=O) groups is 3. The molecule has 0 aliphatic heterocycles. The third-order valence-electron chi connectivity index (χ3n) is 6.97. The summed E-state index contributed by atoms with van der Waals surface area (Å²) in [6.07, 6.45) is 1.60. The molecule has 8 heteroatoms. The summed E-state index contributed by atoms with van der Waals surface area (Å²) in [5, 5.41) is 19.0. The molecule has 1 rings (SSSR count). The van der Waals surface area contributed by atoms with Gasteiger partial charge >= 0.3 is 5.97 Å². The van der Waals surface area contributed by atoms with Crippen LogP contribution in [0.2, 0.25) is 0 Å². The Kier molecular flexibility index (Phi) is 11.6. The first-order valence-corrected chi connectivity index (χ1v) is 13.4. The molecule has 8 nitrogen and oxygen atoms in total. The number of rotatable bonds is 12. The van der Waals surface area contributed by atoms with E-state index in [0.717, 1.165) is 11.3 Å². The van der Waals surface area contributed by atoms with Crippen molar-refractivity contribution in [3.8, 4) is 0 Å². The third-order valence-corrected chi connectivity index (χ3v) is 6.97. The number of amides is 2. The molecule has 4 N–H and O–H groups in total. The normalized spacial score (nSPS) is 15.2. The van der Waals surface area contributed by atoms with E-state index in [4.69, 9.17) is 0 Å². The maximum Gasteiger partial charge on any atom is 0.331 e. The number of hydrogen-bond acceptors (Lipinski definition) is 5. The van der Waals surface area contributed by atoms with E-state index in [0.29, 0.717) is 0 Å². The fourth-order valence-electron chi connectivity index (χ4n) is 4.63. The van der Waals surface area contributed by atoms with E-state index in [1.165, 1.54) is 6.92 Å². The number of carboxylic acid groups (broad SMARTS) is 1. The molecule has 1 aromatic carbocycles.